The molecule has 10 nitrogen and oxygen atoms in total. The Morgan fingerprint density at radius 2 is 1.78 bits per heavy atom. The number of hydrogen-bond acceptors (Lipinski definition) is 8. The standard InChI is InChI=1S/C25H32N2O8Si/c1-36(2,3)12-11-34-20(14-28)21-17(13-18(26)24(31)32)9-10-19(29)22(21)23(30)27-25(33)35-15-16-7-5-4-6-8-16/h4-10,14,18,20,29H,11-13,15,26H2,1-3H3,(H,31,32)(H,27,30,33)/t18-,20?/m0/s1. The highest BCUT2D eigenvalue weighted by Gasteiger charge is 2.29. The number of nitrogens with one attached hydrogen (secondary N) is 1. The molecule has 11 heteroatoms. The number of rotatable bonds is 12. The molecule has 2 aromatic carbocycles. The first-order chi connectivity index (χ1) is 16.9. The highest BCUT2D eigenvalue weighted by molar-refractivity contribution is 6.76. The van der Waals surface area contributed by atoms with Crippen molar-refractivity contribution < 1.29 is 38.9 Å². The number of nitrogens with two attached hydrogens (primary N) is 1. The van der Waals surface area contributed by atoms with E-state index in [9.17, 15) is 29.4 Å². The number of alkyl carbamates (subject to hydrolysis) is 1. The second-order valence-electron chi connectivity index (χ2n) is 9.44. The van der Waals surface area contributed by atoms with Gasteiger partial charge in [0, 0.05) is 20.2 Å². The molecule has 0 aliphatic rings. The van der Waals surface area contributed by atoms with E-state index in [1.807, 2.05) is 5.32 Å². The lowest BCUT2D eigenvalue weighted by Crippen LogP contribution is -2.35. The molecule has 1 unspecified atom stereocenters. The van der Waals surface area contributed by atoms with Gasteiger partial charge in [-0.3, -0.25) is 14.9 Å². The van der Waals surface area contributed by atoms with Crippen LogP contribution in [0.3, 0.4) is 0 Å². The quantitative estimate of drug-likeness (QED) is 0.245. The second-order valence-corrected chi connectivity index (χ2v) is 15.1. The molecule has 0 heterocycles. The van der Waals surface area contributed by atoms with Crippen LogP contribution in [0.2, 0.25) is 25.7 Å². The summed E-state index contributed by atoms with van der Waals surface area (Å²) in [5.41, 5.74) is 6.17. The van der Waals surface area contributed by atoms with Gasteiger partial charge in [-0.15, -0.1) is 0 Å². The topological polar surface area (TPSA) is 165 Å². The number of carboxylic acid groups (broad SMARTS) is 1. The van der Waals surface area contributed by atoms with Crippen LogP contribution >= 0.6 is 0 Å². The summed E-state index contributed by atoms with van der Waals surface area (Å²) < 4.78 is 10.8. The van der Waals surface area contributed by atoms with E-state index in [4.69, 9.17) is 15.2 Å². The molecule has 194 valence electrons. The van der Waals surface area contributed by atoms with Crippen LogP contribution in [0.5, 0.6) is 5.75 Å². The lowest BCUT2D eigenvalue weighted by Gasteiger charge is -2.23. The lowest BCUT2D eigenvalue weighted by atomic mass is 9.91. The van der Waals surface area contributed by atoms with E-state index in [2.05, 4.69) is 19.6 Å². The molecule has 0 bridgehead atoms. The molecule has 0 saturated carbocycles. The van der Waals surface area contributed by atoms with Gasteiger partial charge in [-0.1, -0.05) is 56.0 Å². The molecule has 0 aliphatic heterocycles. The maximum atomic E-state index is 13.0. The van der Waals surface area contributed by atoms with Gasteiger partial charge in [0.15, 0.2) is 6.29 Å². The lowest BCUT2D eigenvalue weighted by molar-refractivity contribution is -0.138. The molecule has 2 aromatic rings. The SMILES string of the molecule is C[Si](C)(C)CCOC(C=O)c1c(C[C@H](N)C(=O)O)ccc(O)c1C(=O)NC(=O)OCc1ccccc1. The predicted molar refractivity (Wildman–Crippen MR) is 134 cm³/mol. The number of amides is 2. The Kier molecular flexibility index (Phi) is 10.3. The minimum atomic E-state index is -1.53. The Morgan fingerprint density at radius 3 is 2.36 bits per heavy atom. The maximum Gasteiger partial charge on any atom is 0.414 e. The monoisotopic (exact) mass is 516 g/mol. The number of aldehydes is 1. The Hall–Kier alpha value is -3.54. The van der Waals surface area contributed by atoms with Gasteiger partial charge in [-0.05, 0) is 29.7 Å². The third-order valence-electron chi connectivity index (χ3n) is 5.28. The van der Waals surface area contributed by atoms with Crippen molar-refractivity contribution in [2.45, 2.75) is 50.9 Å². The number of carboxylic acids is 1. The second kappa shape index (κ2) is 13.0. The number of aromatic hydroxyl groups is 1. The summed E-state index contributed by atoms with van der Waals surface area (Å²) in [6, 6.07) is 10.7. The predicted octanol–water partition coefficient (Wildman–Crippen LogP) is 3.01. The smallest absolute Gasteiger partial charge is 0.414 e. The van der Waals surface area contributed by atoms with Gasteiger partial charge in [-0.25, -0.2) is 4.79 Å². The summed E-state index contributed by atoms with van der Waals surface area (Å²) in [5.74, 6) is -2.84. The van der Waals surface area contributed by atoms with Gasteiger partial charge in [0.05, 0.1) is 5.56 Å². The fraction of sp³-hybridized carbons (Fsp3) is 0.360. The van der Waals surface area contributed by atoms with Crippen LogP contribution in [0.15, 0.2) is 42.5 Å². The zero-order chi connectivity index (χ0) is 26.9. The van der Waals surface area contributed by atoms with Crippen molar-refractivity contribution in [1.29, 1.82) is 0 Å². The molecule has 2 atom stereocenters. The van der Waals surface area contributed by atoms with Crippen LogP contribution in [0.25, 0.3) is 0 Å². The van der Waals surface area contributed by atoms with Gasteiger partial charge >= 0.3 is 12.1 Å². The Morgan fingerprint density at radius 1 is 1.11 bits per heavy atom. The molecule has 0 spiro atoms. The highest BCUT2D eigenvalue weighted by Crippen LogP contribution is 2.32. The third-order valence-corrected chi connectivity index (χ3v) is 6.99. The van der Waals surface area contributed by atoms with Crippen LogP contribution in [-0.4, -0.2) is 55.2 Å². The fourth-order valence-corrected chi connectivity index (χ4v) is 4.04. The third kappa shape index (κ3) is 8.59. The van der Waals surface area contributed by atoms with Crippen LogP contribution in [0.1, 0.15) is 33.2 Å². The summed E-state index contributed by atoms with van der Waals surface area (Å²) in [6.07, 6.45) is -2.15. The highest BCUT2D eigenvalue weighted by atomic mass is 28.3. The molecule has 0 radical (unpaired) electrons. The van der Waals surface area contributed by atoms with E-state index < -0.39 is 49.5 Å². The Balaban J connectivity index is 2.36. The first-order valence-corrected chi connectivity index (χ1v) is 15.1. The molecule has 36 heavy (non-hydrogen) atoms. The number of phenols is 1. The van der Waals surface area contributed by atoms with Gasteiger partial charge < -0.3 is 30.2 Å². The largest absolute Gasteiger partial charge is 0.507 e. The number of imide groups is 1. The summed E-state index contributed by atoms with van der Waals surface area (Å²) in [5, 5.41) is 21.8. The number of carbonyl (C=O) groups excluding carboxylic acids is 3. The van der Waals surface area contributed by atoms with Gasteiger partial charge in [-0.2, -0.15) is 0 Å². The first-order valence-electron chi connectivity index (χ1n) is 11.3. The van der Waals surface area contributed by atoms with Crippen molar-refractivity contribution >= 4 is 32.3 Å². The molecular weight excluding hydrogens is 484 g/mol. The normalized spacial score (nSPS) is 12.9. The molecule has 0 aliphatic carbocycles. The Labute approximate surface area is 210 Å². The minimum absolute atomic E-state index is 0.0503. The molecular formula is C25H32N2O8Si. The molecule has 2 amide bonds. The molecule has 0 aromatic heterocycles. The average molecular weight is 517 g/mol. The van der Waals surface area contributed by atoms with Crippen LogP contribution < -0.4 is 11.1 Å². The van der Waals surface area contributed by atoms with Crippen molar-refractivity contribution in [1.82, 2.24) is 5.32 Å². The zero-order valence-electron chi connectivity index (χ0n) is 20.5. The van der Waals surface area contributed by atoms with E-state index in [0.29, 0.717) is 17.9 Å². The number of phenolic OH excluding ortho intramolecular Hbond substituents is 1. The average Bonchev–Trinajstić information content (AvgIpc) is 2.81. The summed E-state index contributed by atoms with van der Waals surface area (Å²) in [7, 11) is -1.53. The van der Waals surface area contributed by atoms with E-state index in [0.717, 1.165) is 0 Å². The van der Waals surface area contributed by atoms with E-state index in [-0.39, 0.29) is 30.8 Å². The molecule has 2 rings (SSSR count). The molecule has 5 N–H and O–H groups in total. The maximum absolute atomic E-state index is 13.0. The van der Waals surface area contributed by atoms with Crippen molar-refractivity contribution in [3.63, 3.8) is 0 Å². The minimum Gasteiger partial charge on any atom is -0.507 e. The van der Waals surface area contributed by atoms with Gasteiger partial charge in [0.2, 0.25) is 0 Å². The van der Waals surface area contributed by atoms with Gasteiger partial charge in [0.25, 0.3) is 5.91 Å². The number of benzene rings is 2. The van der Waals surface area contributed by atoms with Crippen LogP contribution in [0.4, 0.5) is 4.79 Å². The zero-order valence-corrected chi connectivity index (χ0v) is 21.5. The molecule has 0 saturated heterocycles. The number of carbonyl (C=O) groups is 4. The number of ether oxygens (including phenoxy) is 2. The Bertz CT molecular complexity index is 1090. The summed E-state index contributed by atoms with van der Waals surface area (Å²) in [4.78, 5) is 48.7. The van der Waals surface area contributed by atoms with E-state index >= 15 is 0 Å². The summed E-state index contributed by atoms with van der Waals surface area (Å²) >= 11 is 0. The van der Waals surface area contributed by atoms with Gasteiger partial charge in [0.1, 0.15) is 24.5 Å². The number of hydrogen-bond donors (Lipinski definition) is 4. The van der Waals surface area contributed by atoms with Crippen LogP contribution in [-0.2, 0) is 32.1 Å². The van der Waals surface area contributed by atoms with Crippen LogP contribution in [0, 0.1) is 0 Å². The van der Waals surface area contributed by atoms with Crippen molar-refractivity contribution in [3.05, 3.63) is 64.7 Å². The van der Waals surface area contributed by atoms with Crippen molar-refractivity contribution in [2.75, 3.05) is 6.61 Å². The van der Waals surface area contributed by atoms with E-state index in [1.54, 1.807) is 30.3 Å². The van der Waals surface area contributed by atoms with Crippen molar-refractivity contribution in [3.8, 4) is 5.75 Å². The van der Waals surface area contributed by atoms with Crippen molar-refractivity contribution in [2.24, 2.45) is 5.73 Å². The molecule has 0 fully saturated rings. The van der Waals surface area contributed by atoms with E-state index in [1.165, 1.54) is 12.1 Å². The number of aliphatic carboxylic acids is 1. The fourth-order valence-electron chi connectivity index (χ4n) is 3.31. The summed E-state index contributed by atoms with van der Waals surface area (Å²) in [6.45, 7) is 6.48. The first kappa shape index (κ1) is 28.7.